The molecule has 0 aromatic heterocycles. The first kappa shape index (κ1) is 17.6. The van der Waals surface area contributed by atoms with Crippen molar-refractivity contribution in [3.8, 4) is 5.75 Å². The lowest BCUT2D eigenvalue weighted by Crippen LogP contribution is -2.36. The average Bonchev–Trinajstić information content (AvgIpc) is 2.83. The monoisotopic (exact) mass is 374 g/mol. The van der Waals surface area contributed by atoms with Crippen LogP contribution in [0.25, 0.3) is 0 Å². The molecule has 9 heteroatoms. The molecular weight excluding hydrogens is 364 g/mol. The van der Waals surface area contributed by atoms with Crippen molar-refractivity contribution in [2.75, 3.05) is 6.54 Å². The van der Waals surface area contributed by atoms with E-state index in [4.69, 9.17) is 16.3 Å². The van der Waals surface area contributed by atoms with Crippen molar-refractivity contribution in [1.29, 1.82) is 0 Å². The molecule has 0 unspecified atom stereocenters. The van der Waals surface area contributed by atoms with Gasteiger partial charge in [-0.25, -0.2) is 4.79 Å². The number of carbonyl (C=O) groups is 3. The summed E-state index contributed by atoms with van der Waals surface area (Å²) in [6, 6.07) is 8.53. The highest BCUT2D eigenvalue weighted by Crippen LogP contribution is 2.31. The molecule has 3 rings (SSSR count). The van der Waals surface area contributed by atoms with E-state index in [9.17, 15) is 24.5 Å². The average molecular weight is 375 g/mol. The lowest BCUT2D eigenvalue weighted by atomic mass is 10.1. The summed E-state index contributed by atoms with van der Waals surface area (Å²) in [7, 11) is 0. The van der Waals surface area contributed by atoms with Gasteiger partial charge in [0.25, 0.3) is 17.5 Å². The second kappa shape index (κ2) is 6.57. The van der Waals surface area contributed by atoms with Crippen LogP contribution >= 0.6 is 11.6 Å². The van der Waals surface area contributed by atoms with Gasteiger partial charge in [0.15, 0.2) is 0 Å². The molecule has 0 bridgehead atoms. The Morgan fingerprint density at radius 3 is 2.65 bits per heavy atom. The van der Waals surface area contributed by atoms with Gasteiger partial charge in [0.1, 0.15) is 17.9 Å². The first-order valence-corrected chi connectivity index (χ1v) is 7.78. The summed E-state index contributed by atoms with van der Waals surface area (Å²) in [6.07, 6.45) is 0. The number of nitro groups is 1. The largest absolute Gasteiger partial charge is 0.424 e. The van der Waals surface area contributed by atoms with E-state index in [1.807, 2.05) is 0 Å². The zero-order valence-corrected chi connectivity index (χ0v) is 14.1. The molecule has 2 aromatic rings. The minimum Gasteiger partial charge on any atom is -0.424 e. The Morgan fingerprint density at radius 1 is 1.23 bits per heavy atom. The highest BCUT2D eigenvalue weighted by Gasteiger charge is 2.42. The summed E-state index contributed by atoms with van der Waals surface area (Å²) in [5.41, 5.74) is -0.138. The molecule has 0 saturated carbocycles. The molecule has 26 heavy (non-hydrogen) atoms. The minimum atomic E-state index is -0.912. The number of nitrogens with zero attached hydrogens (tertiary/aromatic N) is 2. The Balaban J connectivity index is 1.83. The maximum Gasteiger partial charge on any atom is 0.331 e. The van der Waals surface area contributed by atoms with Crippen LogP contribution in [0.2, 0.25) is 5.02 Å². The van der Waals surface area contributed by atoms with Gasteiger partial charge in [-0.2, -0.15) is 0 Å². The number of benzene rings is 2. The molecule has 1 aliphatic heterocycles. The van der Waals surface area contributed by atoms with Gasteiger partial charge in [-0.3, -0.25) is 24.6 Å². The second-order valence-electron chi connectivity index (χ2n) is 5.56. The van der Waals surface area contributed by atoms with E-state index in [-0.39, 0.29) is 21.9 Å². The van der Waals surface area contributed by atoms with E-state index in [0.29, 0.717) is 4.90 Å². The van der Waals surface area contributed by atoms with Gasteiger partial charge in [0.05, 0.1) is 15.5 Å². The molecule has 1 heterocycles. The standard InChI is InChI=1S/C17H11ClN2O6/c1-9-5-6-11(18)13(7-9)26-14(21)8-19-16(22)10-3-2-4-12(20(24)25)15(10)17(19)23/h2-7H,8H2,1H3. The van der Waals surface area contributed by atoms with E-state index in [1.54, 1.807) is 19.1 Å². The lowest BCUT2D eigenvalue weighted by molar-refractivity contribution is -0.385. The van der Waals surface area contributed by atoms with E-state index >= 15 is 0 Å². The Hall–Kier alpha value is -3.26. The molecule has 0 spiro atoms. The van der Waals surface area contributed by atoms with Gasteiger partial charge in [-0.15, -0.1) is 0 Å². The minimum absolute atomic E-state index is 0.0965. The molecule has 0 radical (unpaired) electrons. The van der Waals surface area contributed by atoms with Crippen molar-refractivity contribution in [2.45, 2.75) is 6.92 Å². The number of halogens is 1. The Kier molecular flexibility index (Phi) is 4.43. The summed E-state index contributed by atoms with van der Waals surface area (Å²) in [5, 5.41) is 11.3. The number of hydrogen-bond donors (Lipinski definition) is 0. The fraction of sp³-hybridized carbons (Fsp3) is 0.118. The van der Waals surface area contributed by atoms with E-state index < -0.39 is 34.9 Å². The third-order valence-corrected chi connectivity index (χ3v) is 4.08. The van der Waals surface area contributed by atoms with Crippen LogP contribution in [0, 0.1) is 17.0 Å². The number of rotatable bonds is 4. The van der Waals surface area contributed by atoms with Gasteiger partial charge >= 0.3 is 5.97 Å². The number of imide groups is 1. The fourth-order valence-corrected chi connectivity index (χ4v) is 2.74. The topological polar surface area (TPSA) is 107 Å². The van der Waals surface area contributed by atoms with Crippen LogP contribution < -0.4 is 4.74 Å². The predicted octanol–water partition coefficient (Wildman–Crippen LogP) is 2.76. The van der Waals surface area contributed by atoms with Crippen LogP contribution in [-0.2, 0) is 4.79 Å². The highest BCUT2D eigenvalue weighted by molar-refractivity contribution is 6.32. The second-order valence-corrected chi connectivity index (χ2v) is 5.97. The van der Waals surface area contributed by atoms with Crippen LogP contribution in [0.4, 0.5) is 5.69 Å². The first-order chi connectivity index (χ1) is 12.3. The number of nitro benzene ring substituents is 1. The summed E-state index contributed by atoms with van der Waals surface area (Å²) in [5.74, 6) is -2.50. The molecule has 0 aliphatic carbocycles. The zero-order valence-electron chi connectivity index (χ0n) is 13.4. The summed E-state index contributed by atoms with van der Waals surface area (Å²) in [6.45, 7) is 1.09. The fourth-order valence-electron chi connectivity index (χ4n) is 2.58. The summed E-state index contributed by atoms with van der Waals surface area (Å²) >= 11 is 5.94. The van der Waals surface area contributed by atoms with Crippen molar-refractivity contribution < 1.29 is 24.0 Å². The lowest BCUT2D eigenvalue weighted by Gasteiger charge is -2.13. The summed E-state index contributed by atoms with van der Waals surface area (Å²) < 4.78 is 5.11. The van der Waals surface area contributed by atoms with Crippen LogP contribution in [0.15, 0.2) is 36.4 Å². The molecule has 0 fully saturated rings. The summed E-state index contributed by atoms with van der Waals surface area (Å²) in [4.78, 5) is 47.8. The Bertz CT molecular complexity index is 972. The molecule has 0 atom stereocenters. The van der Waals surface area contributed by atoms with Crippen molar-refractivity contribution in [1.82, 2.24) is 4.90 Å². The molecule has 1 aliphatic rings. The number of hydrogen-bond acceptors (Lipinski definition) is 6. The predicted molar refractivity (Wildman–Crippen MR) is 90.3 cm³/mol. The van der Waals surface area contributed by atoms with Crippen molar-refractivity contribution in [3.63, 3.8) is 0 Å². The number of esters is 1. The first-order valence-electron chi connectivity index (χ1n) is 7.40. The SMILES string of the molecule is Cc1ccc(Cl)c(OC(=O)CN2C(=O)c3cccc([N+](=O)[O-])c3C2=O)c1. The molecular formula is C17H11ClN2O6. The third kappa shape index (κ3) is 3.02. The quantitative estimate of drug-likeness (QED) is 0.268. The van der Waals surface area contributed by atoms with Crippen molar-refractivity contribution in [3.05, 3.63) is 68.2 Å². The smallest absolute Gasteiger partial charge is 0.331 e. The van der Waals surface area contributed by atoms with Gasteiger partial charge in [-0.05, 0) is 30.7 Å². The normalized spacial score (nSPS) is 12.9. The number of ether oxygens (including phenoxy) is 1. The van der Waals surface area contributed by atoms with Crippen molar-refractivity contribution in [2.24, 2.45) is 0 Å². The van der Waals surface area contributed by atoms with E-state index in [1.165, 1.54) is 18.2 Å². The zero-order chi connectivity index (χ0) is 19.0. The van der Waals surface area contributed by atoms with E-state index in [2.05, 4.69) is 0 Å². The van der Waals surface area contributed by atoms with Gasteiger partial charge in [0, 0.05) is 6.07 Å². The van der Waals surface area contributed by atoms with Crippen LogP contribution in [0.5, 0.6) is 5.75 Å². The molecule has 132 valence electrons. The van der Waals surface area contributed by atoms with Gasteiger partial charge < -0.3 is 4.74 Å². The van der Waals surface area contributed by atoms with Crippen molar-refractivity contribution >= 4 is 35.1 Å². The van der Waals surface area contributed by atoms with E-state index in [0.717, 1.165) is 11.6 Å². The molecule has 0 N–H and O–H groups in total. The number of amides is 2. The Morgan fingerprint density at radius 2 is 1.96 bits per heavy atom. The van der Waals surface area contributed by atoms with Gasteiger partial charge in [0.2, 0.25) is 0 Å². The molecule has 2 aromatic carbocycles. The third-order valence-electron chi connectivity index (χ3n) is 3.77. The number of carbonyl (C=O) groups excluding carboxylic acids is 3. The van der Waals surface area contributed by atoms with Crippen LogP contribution in [-0.4, -0.2) is 34.2 Å². The maximum atomic E-state index is 12.4. The molecule has 2 amide bonds. The molecule has 0 saturated heterocycles. The number of aryl methyl sites for hydroxylation is 1. The molecule has 8 nitrogen and oxygen atoms in total. The maximum absolute atomic E-state index is 12.4. The Labute approximate surface area is 152 Å². The van der Waals surface area contributed by atoms with Crippen LogP contribution in [0.1, 0.15) is 26.3 Å². The number of fused-ring (bicyclic) bond motifs is 1. The van der Waals surface area contributed by atoms with Gasteiger partial charge in [-0.1, -0.05) is 23.7 Å². The highest BCUT2D eigenvalue weighted by atomic mass is 35.5. The van der Waals surface area contributed by atoms with Crippen LogP contribution in [0.3, 0.4) is 0 Å².